The molecule has 1 N–H and O–H groups in total. The zero-order valence-corrected chi connectivity index (χ0v) is 22.3. The Morgan fingerprint density at radius 3 is 1.95 bits per heavy atom. The predicted octanol–water partition coefficient (Wildman–Crippen LogP) is 6.96. The summed E-state index contributed by atoms with van der Waals surface area (Å²) in [7, 11) is 0. The average molecular weight is 513 g/mol. The van der Waals surface area contributed by atoms with E-state index in [0.717, 1.165) is 41.8 Å². The van der Waals surface area contributed by atoms with Gasteiger partial charge in [0.1, 0.15) is 6.33 Å². The van der Waals surface area contributed by atoms with Gasteiger partial charge in [0, 0.05) is 30.1 Å². The number of hydrogen-bond acceptors (Lipinski definition) is 5. The maximum absolute atomic E-state index is 13.1. The van der Waals surface area contributed by atoms with Crippen molar-refractivity contribution in [1.29, 1.82) is 0 Å². The molecular weight excluding hydrogens is 476 g/mol. The van der Waals surface area contributed by atoms with Crippen LogP contribution in [0.3, 0.4) is 0 Å². The number of nitrogens with zero attached hydrogens (tertiary/aromatic N) is 3. The molecular formula is C31H36N4OS. The van der Waals surface area contributed by atoms with Crippen molar-refractivity contribution in [2.45, 2.75) is 75.1 Å². The van der Waals surface area contributed by atoms with Gasteiger partial charge in [-0.05, 0) is 42.4 Å². The Morgan fingerprint density at radius 1 is 0.676 bits per heavy atom. The smallest absolute Gasteiger partial charge is 0.255 e. The van der Waals surface area contributed by atoms with Crippen LogP contribution in [0, 0.1) is 0 Å². The highest BCUT2D eigenvalue weighted by molar-refractivity contribution is 7.98. The summed E-state index contributed by atoms with van der Waals surface area (Å²) in [5.74, 6) is 0.777. The topological polar surface area (TPSA) is 71.5 Å². The van der Waals surface area contributed by atoms with Crippen LogP contribution < -0.4 is 5.56 Å². The van der Waals surface area contributed by atoms with Gasteiger partial charge in [0.25, 0.3) is 5.56 Å². The van der Waals surface area contributed by atoms with E-state index in [9.17, 15) is 4.79 Å². The quantitative estimate of drug-likeness (QED) is 0.106. The van der Waals surface area contributed by atoms with Crippen LogP contribution in [0.5, 0.6) is 0 Å². The molecule has 2 aromatic carbocycles. The Bertz CT molecular complexity index is 1250. The lowest BCUT2D eigenvalue weighted by molar-refractivity contribution is 0.575. The lowest BCUT2D eigenvalue weighted by Gasteiger charge is -2.11. The maximum Gasteiger partial charge on any atom is 0.255 e. The van der Waals surface area contributed by atoms with Gasteiger partial charge in [0.2, 0.25) is 0 Å². The number of aryl methyl sites for hydroxylation is 2. The average Bonchev–Trinajstić information content (AvgIpc) is 2.94. The number of nitrogens with one attached hydrogen (secondary N) is 1. The first-order valence-electron chi connectivity index (χ1n) is 13.3. The molecule has 0 aliphatic heterocycles. The van der Waals surface area contributed by atoms with Crippen LogP contribution in [-0.4, -0.2) is 19.9 Å². The van der Waals surface area contributed by atoms with Crippen LogP contribution in [-0.2, 0) is 25.0 Å². The van der Waals surface area contributed by atoms with Crippen LogP contribution in [0.4, 0.5) is 0 Å². The molecule has 0 fully saturated rings. The van der Waals surface area contributed by atoms with Crippen molar-refractivity contribution in [2.75, 3.05) is 0 Å². The van der Waals surface area contributed by atoms with E-state index in [1.807, 2.05) is 18.2 Å². The Kier molecular flexibility index (Phi) is 10.9. The van der Waals surface area contributed by atoms with E-state index >= 15 is 0 Å². The van der Waals surface area contributed by atoms with Gasteiger partial charge < -0.3 is 4.98 Å². The third kappa shape index (κ3) is 9.29. The van der Waals surface area contributed by atoms with E-state index in [1.165, 1.54) is 56.0 Å². The highest BCUT2D eigenvalue weighted by Gasteiger charge is 2.13. The summed E-state index contributed by atoms with van der Waals surface area (Å²) in [6.45, 7) is 0. The largest absolute Gasteiger partial charge is 0.301 e. The van der Waals surface area contributed by atoms with Crippen molar-refractivity contribution in [3.8, 4) is 0 Å². The summed E-state index contributed by atoms with van der Waals surface area (Å²) in [4.78, 5) is 29.2. The minimum atomic E-state index is -0.0529. The molecule has 0 saturated carbocycles. The first-order valence-corrected chi connectivity index (χ1v) is 14.3. The molecule has 37 heavy (non-hydrogen) atoms. The van der Waals surface area contributed by atoms with Crippen molar-refractivity contribution in [3.63, 3.8) is 0 Å². The fourth-order valence-corrected chi connectivity index (χ4v) is 5.32. The monoisotopic (exact) mass is 512 g/mol. The summed E-state index contributed by atoms with van der Waals surface area (Å²) in [5.41, 5.74) is 5.17. The third-order valence-electron chi connectivity index (χ3n) is 6.51. The minimum Gasteiger partial charge on any atom is -0.301 e. The SMILES string of the molecule is O=c1[nH]c(SCc2ccccc2)nc(CCCCCCCCCc2ccccc2)c1Cc1cncnc1. The number of aromatic nitrogens is 4. The second kappa shape index (κ2) is 15.1. The molecule has 2 heterocycles. The third-order valence-corrected chi connectivity index (χ3v) is 7.46. The number of H-pyrrole nitrogens is 1. The molecule has 0 amide bonds. The number of hydrogen-bond donors (Lipinski definition) is 1. The van der Waals surface area contributed by atoms with Crippen molar-refractivity contribution in [1.82, 2.24) is 19.9 Å². The van der Waals surface area contributed by atoms with Gasteiger partial charge in [-0.1, -0.05) is 105 Å². The highest BCUT2D eigenvalue weighted by atomic mass is 32.2. The van der Waals surface area contributed by atoms with Gasteiger partial charge in [0.15, 0.2) is 5.16 Å². The number of thioether (sulfide) groups is 1. The molecule has 5 nitrogen and oxygen atoms in total. The molecule has 2 aromatic heterocycles. The molecule has 6 heteroatoms. The molecule has 4 aromatic rings. The Balaban J connectivity index is 1.28. The summed E-state index contributed by atoms with van der Waals surface area (Å²) in [5, 5.41) is 0.690. The van der Waals surface area contributed by atoms with Crippen molar-refractivity contribution >= 4 is 11.8 Å². The van der Waals surface area contributed by atoms with E-state index in [2.05, 4.69) is 57.4 Å². The minimum absolute atomic E-state index is 0.0529. The second-order valence-corrected chi connectivity index (χ2v) is 10.4. The van der Waals surface area contributed by atoms with E-state index < -0.39 is 0 Å². The van der Waals surface area contributed by atoms with Gasteiger partial charge >= 0.3 is 0 Å². The van der Waals surface area contributed by atoms with Gasteiger partial charge in [-0.3, -0.25) is 4.79 Å². The Labute approximate surface area is 224 Å². The van der Waals surface area contributed by atoms with Gasteiger partial charge in [-0.25, -0.2) is 15.0 Å². The van der Waals surface area contributed by atoms with Gasteiger partial charge in [-0.2, -0.15) is 0 Å². The van der Waals surface area contributed by atoms with Crippen molar-refractivity contribution < 1.29 is 0 Å². The molecule has 0 unspecified atom stereocenters. The number of rotatable bonds is 15. The van der Waals surface area contributed by atoms with E-state index in [0.29, 0.717) is 11.6 Å². The van der Waals surface area contributed by atoms with Crippen LogP contribution in [0.1, 0.15) is 72.9 Å². The van der Waals surface area contributed by atoms with E-state index in [1.54, 1.807) is 24.2 Å². The second-order valence-electron chi connectivity index (χ2n) is 9.45. The fourth-order valence-electron chi connectivity index (χ4n) is 4.48. The highest BCUT2D eigenvalue weighted by Crippen LogP contribution is 2.21. The predicted molar refractivity (Wildman–Crippen MR) is 152 cm³/mol. The Morgan fingerprint density at radius 2 is 1.27 bits per heavy atom. The lowest BCUT2D eigenvalue weighted by atomic mass is 10.0. The summed E-state index contributed by atoms with van der Waals surface area (Å²) >= 11 is 1.58. The zero-order valence-electron chi connectivity index (χ0n) is 21.4. The molecule has 0 aliphatic rings. The molecule has 0 spiro atoms. The first-order chi connectivity index (χ1) is 18.3. The fraction of sp³-hybridized carbons (Fsp3) is 0.355. The number of benzene rings is 2. The van der Waals surface area contributed by atoms with Crippen LogP contribution in [0.2, 0.25) is 0 Å². The molecule has 0 atom stereocenters. The van der Waals surface area contributed by atoms with Gasteiger partial charge in [-0.15, -0.1) is 0 Å². The summed E-state index contributed by atoms with van der Waals surface area (Å²) in [6.07, 6.45) is 16.1. The van der Waals surface area contributed by atoms with Crippen LogP contribution >= 0.6 is 11.8 Å². The summed E-state index contributed by atoms with van der Waals surface area (Å²) < 4.78 is 0. The lowest BCUT2D eigenvalue weighted by Crippen LogP contribution is -2.19. The maximum atomic E-state index is 13.1. The Hall–Kier alpha value is -3.25. The normalized spacial score (nSPS) is 11.0. The van der Waals surface area contributed by atoms with Gasteiger partial charge in [0.05, 0.1) is 5.69 Å². The molecule has 0 radical (unpaired) electrons. The van der Waals surface area contributed by atoms with E-state index in [-0.39, 0.29) is 5.56 Å². The first kappa shape index (κ1) is 26.8. The van der Waals surface area contributed by atoms with Crippen molar-refractivity contribution in [2.24, 2.45) is 0 Å². The zero-order chi connectivity index (χ0) is 25.5. The van der Waals surface area contributed by atoms with E-state index in [4.69, 9.17) is 4.98 Å². The number of aromatic amines is 1. The van der Waals surface area contributed by atoms with Crippen LogP contribution in [0.25, 0.3) is 0 Å². The summed E-state index contributed by atoms with van der Waals surface area (Å²) in [6, 6.07) is 21.0. The molecule has 192 valence electrons. The standard InChI is InChI=1S/C31H36N4OS/c36-30-28(20-27-21-32-24-33-22-27)29(34-31(35-30)37-23-26-17-11-7-12-18-26)19-13-5-3-1-2-4-8-14-25-15-9-6-10-16-25/h6-7,9-12,15-18,21-22,24H,1-5,8,13-14,19-20,23H2,(H,34,35,36). The molecule has 4 rings (SSSR count). The van der Waals surface area contributed by atoms with Crippen molar-refractivity contribution in [3.05, 3.63) is 118 Å². The molecule has 0 bridgehead atoms. The number of unbranched alkanes of at least 4 members (excludes halogenated alkanes) is 6. The molecule has 0 saturated heterocycles. The molecule has 0 aliphatic carbocycles. The van der Waals surface area contributed by atoms with Crippen LogP contribution in [0.15, 0.2) is 89.3 Å².